The standard InChI is InChI=1S/C10H14N2/c1-6-8-7-11-9(12(8)5)10(2,3)4/h1,7H,2-5H3. The summed E-state index contributed by atoms with van der Waals surface area (Å²) < 4.78 is 1.96. The Morgan fingerprint density at radius 3 is 2.33 bits per heavy atom. The molecule has 1 aromatic rings. The maximum absolute atomic E-state index is 5.30. The number of rotatable bonds is 0. The van der Waals surface area contributed by atoms with E-state index >= 15 is 0 Å². The molecule has 0 aliphatic heterocycles. The van der Waals surface area contributed by atoms with Crippen molar-refractivity contribution in [3.05, 3.63) is 17.7 Å². The molecule has 0 radical (unpaired) electrons. The third kappa shape index (κ3) is 1.35. The fraction of sp³-hybridized carbons (Fsp3) is 0.500. The molecule has 2 heteroatoms. The van der Waals surface area contributed by atoms with Gasteiger partial charge in [-0.2, -0.15) is 0 Å². The molecule has 0 amide bonds. The van der Waals surface area contributed by atoms with Gasteiger partial charge in [0, 0.05) is 12.5 Å². The second-order valence-electron chi connectivity index (χ2n) is 3.92. The molecule has 1 rings (SSSR count). The zero-order chi connectivity index (χ0) is 9.35. The SMILES string of the molecule is C#Cc1cnc(C(C)(C)C)n1C. The summed E-state index contributed by atoms with van der Waals surface area (Å²) >= 11 is 0. The van der Waals surface area contributed by atoms with E-state index in [-0.39, 0.29) is 5.41 Å². The van der Waals surface area contributed by atoms with E-state index in [1.807, 2.05) is 11.6 Å². The maximum Gasteiger partial charge on any atom is 0.114 e. The monoisotopic (exact) mass is 162 g/mol. The van der Waals surface area contributed by atoms with Gasteiger partial charge in [-0.05, 0) is 0 Å². The molecule has 0 fully saturated rings. The first kappa shape index (κ1) is 8.86. The topological polar surface area (TPSA) is 17.8 Å². The number of terminal acetylenes is 1. The van der Waals surface area contributed by atoms with E-state index in [2.05, 4.69) is 31.7 Å². The van der Waals surface area contributed by atoms with Crippen LogP contribution in [0.5, 0.6) is 0 Å². The normalized spacial score (nSPS) is 11.2. The predicted octanol–water partition coefficient (Wildman–Crippen LogP) is 1.70. The highest BCUT2D eigenvalue weighted by atomic mass is 15.1. The molecule has 1 aromatic heterocycles. The number of nitrogens with zero attached hydrogens (tertiary/aromatic N) is 2. The van der Waals surface area contributed by atoms with Gasteiger partial charge in [-0.3, -0.25) is 0 Å². The summed E-state index contributed by atoms with van der Waals surface area (Å²) in [6.45, 7) is 6.36. The lowest BCUT2D eigenvalue weighted by Crippen LogP contribution is -2.17. The van der Waals surface area contributed by atoms with E-state index < -0.39 is 0 Å². The van der Waals surface area contributed by atoms with Crippen molar-refractivity contribution in [1.82, 2.24) is 9.55 Å². The van der Waals surface area contributed by atoms with E-state index in [0.29, 0.717) is 0 Å². The smallest absolute Gasteiger partial charge is 0.114 e. The first-order valence-electron chi connectivity index (χ1n) is 3.95. The van der Waals surface area contributed by atoms with Crippen LogP contribution in [0.3, 0.4) is 0 Å². The van der Waals surface area contributed by atoms with Gasteiger partial charge in [-0.1, -0.05) is 26.7 Å². The van der Waals surface area contributed by atoms with Crippen LogP contribution < -0.4 is 0 Å². The second-order valence-corrected chi connectivity index (χ2v) is 3.92. The molecular formula is C10H14N2. The number of hydrogen-bond donors (Lipinski definition) is 0. The summed E-state index contributed by atoms with van der Waals surface area (Å²) in [4.78, 5) is 4.28. The summed E-state index contributed by atoms with van der Waals surface area (Å²) in [7, 11) is 1.95. The van der Waals surface area contributed by atoms with Gasteiger partial charge >= 0.3 is 0 Å². The second kappa shape index (κ2) is 2.67. The van der Waals surface area contributed by atoms with E-state index in [1.54, 1.807) is 6.20 Å². The molecule has 12 heavy (non-hydrogen) atoms. The minimum absolute atomic E-state index is 0.0594. The maximum atomic E-state index is 5.30. The molecule has 0 saturated heterocycles. The minimum atomic E-state index is 0.0594. The minimum Gasteiger partial charge on any atom is -0.324 e. The molecule has 0 N–H and O–H groups in total. The highest BCUT2D eigenvalue weighted by Crippen LogP contribution is 2.20. The quantitative estimate of drug-likeness (QED) is 0.531. The molecule has 1 heterocycles. The van der Waals surface area contributed by atoms with Gasteiger partial charge in [-0.15, -0.1) is 6.42 Å². The molecular weight excluding hydrogens is 148 g/mol. The van der Waals surface area contributed by atoms with Crippen molar-refractivity contribution >= 4 is 0 Å². The predicted molar refractivity (Wildman–Crippen MR) is 49.8 cm³/mol. The van der Waals surface area contributed by atoms with Crippen LogP contribution >= 0.6 is 0 Å². The Morgan fingerprint density at radius 1 is 1.50 bits per heavy atom. The Morgan fingerprint density at radius 2 is 2.08 bits per heavy atom. The van der Waals surface area contributed by atoms with Crippen molar-refractivity contribution in [1.29, 1.82) is 0 Å². The lowest BCUT2D eigenvalue weighted by atomic mass is 9.96. The van der Waals surface area contributed by atoms with Crippen molar-refractivity contribution in [2.24, 2.45) is 7.05 Å². The third-order valence-electron chi connectivity index (χ3n) is 1.81. The van der Waals surface area contributed by atoms with Crippen molar-refractivity contribution in [2.75, 3.05) is 0 Å². The summed E-state index contributed by atoms with van der Waals surface area (Å²) in [5.74, 6) is 3.61. The van der Waals surface area contributed by atoms with Crippen LogP contribution in [0, 0.1) is 12.3 Å². The molecule has 0 aliphatic rings. The molecule has 0 saturated carbocycles. The molecule has 0 aromatic carbocycles. The average molecular weight is 162 g/mol. The van der Waals surface area contributed by atoms with Gasteiger partial charge in [0.1, 0.15) is 11.5 Å². The van der Waals surface area contributed by atoms with Crippen LogP contribution in [0.25, 0.3) is 0 Å². The lowest BCUT2D eigenvalue weighted by Gasteiger charge is -2.17. The van der Waals surface area contributed by atoms with Crippen molar-refractivity contribution in [3.8, 4) is 12.3 Å². The van der Waals surface area contributed by atoms with Crippen LogP contribution in [-0.4, -0.2) is 9.55 Å². The third-order valence-corrected chi connectivity index (χ3v) is 1.81. The van der Waals surface area contributed by atoms with E-state index in [0.717, 1.165) is 11.5 Å². The van der Waals surface area contributed by atoms with Crippen LogP contribution in [0.4, 0.5) is 0 Å². The number of aromatic nitrogens is 2. The van der Waals surface area contributed by atoms with Gasteiger partial charge in [0.15, 0.2) is 0 Å². The summed E-state index contributed by atoms with van der Waals surface area (Å²) in [5.41, 5.74) is 0.893. The fourth-order valence-electron chi connectivity index (χ4n) is 1.24. The largest absolute Gasteiger partial charge is 0.324 e. The Bertz CT molecular complexity index is 321. The fourth-order valence-corrected chi connectivity index (χ4v) is 1.24. The van der Waals surface area contributed by atoms with Crippen molar-refractivity contribution in [2.45, 2.75) is 26.2 Å². The average Bonchev–Trinajstić information content (AvgIpc) is 2.29. The molecule has 64 valence electrons. The van der Waals surface area contributed by atoms with E-state index in [9.17, 15) is 0 Å². The van der Waals surface area contributed by atoms with Crippen molar-refractivity contribution < 1.29 is 0 Å². The molecule has 0 bridgehead atoms. The Kier molecular flexibility index (Phi) is 1.97. The highest BCUT2D eigenvalue weighted by Gasteiger charge is 2.19. The Balaban J connectivity index is 3.22. The van der Waals surface area contributed by atoms with Crippen LogP contribution in [-0.2, 0) is 12.5 Å². The Hall–Kier alpha value is -1.23. The highest BCUT2D eigenvalue weighted by molar-refractivity contribution is 5.26. The summed E-state index contributed by atoms with van der Waals surface area (Å²) in [6, 6.07) is 0. The van der Waals surface area contributed by atoms with E-state index in [1.165, 1.54) is 0 Å². The molecule has 0 atom stereocenters. The van der Waals surface area contributed by atoms with Crippen molar-refractivity contribution in [3.63, 3.8) is 0 Å². The zero-order valence-corrected chi connectivity index (χ0v) is 8.05. The van der Waals surface area contributed by atoms with Crippen LogP contribution in [0.1, 0.15) is 32.3 Å². The summed E-state index contributed by atoms with van der Waals surface area (Å²) in [5, 5.41) is 0. The van der Waals surface area contributed by atoms with Gasteiger partial charge in [0.05, 0.1) is 6.20 Å². The first-order chi connectivity index (χ1) is 5.46. The summed E-state index contributed by atoms with van der Waals surface area (Å²) in [6.07, 6.45) is 7.03. The number of hydrogen-bond acceptors (Lipinski definition) is 1. The van der Waals surface area contributed by atoms with Gasteiger partial charge in [-0.25, -0.2) is 4.98 Å². The molecule has 0 spiro atoms. The number of imidazole rings is 1. The van der Waals surface area contributed by atoms with Crippen LogP contribution in [0.2, 0.25) is 0 Å². The molecule has 0 aliphatic carbocycles. The van der Waals surface area contributed by atoms with Gasteiger partial charge < -0.3 is 4.57 Å². The van der Waals surface area contributed by atoms with Gasteiger partial charge in [0.25, 0.3) is 0 Å². The zero-order valence-electron chi connectivity index (χ0n) is 8.05. The lowest BCUT2D eigenvalue weighted by molar-refractivity contribution is 0.521. The first-order valence-corrected chi connectivity index (χ1v) is 3.95. The Labute approximate surface area is 73.6 Å². The van der Waals surface area contributed by atoms with E-state index in [4.69, 9.17) is 6.42 Å². The molecule has 2 nitrogen and oxygen atoms in total. The molecule has 0 unspecified atom stereocenters. The van der Waals surface area contributed by atoms with Crippen LogP contribution in [0.15, 0.2) is 6.20 Å². The van der Waals surface area contributed by atoms with Gasteiger partial charge in [0.2, 0.25) is 0 Å².